The van der Waals surface area contributed by atoms with Gasteiger partial charge in [0, 0.05) is 6.20 Å². The van der Waals surface area contributed by atoms with Crippen molar-refractivity contribution in [1.82, 2.24) is 14.7 Å². The summed E-state index contributed by atoms with van der Waals surface area (Å²) in [6, 6.07) is 12.5. The summed E-state index contributed by atoms with van der Waals surface area (Å²) < 4.78 is 1.52. The number of nitrogens with zero attached hydrogens (tertiary/aromatic N) is 2. The van der Waals surface area contributed by atoms with E-state index in [0.717, 1.165) is 0 Å². The summed E-state index contributed by atoms with van der Waals surface area (Å²) in [6.07, 6.45) is 1.64. The summed E-state index contributed by atoms with van der Waals surface area (Å²) >= 11 is 6.03. The van der Waals surface area contributed by atoms with Crippen molar-refractivity contribution < 1.29 is 14.7 Å². The first kappa shape index (κ1) is 15.1. The van der Waals surface area contributed by atoms with Gasteiger partial charge in [-0.05, 0) is 17.7 Å². The van der Waals surface area contributed by atoms with Gasteiger partial charge in [0.05, 0.1) is 0 Å². The third-order valence-corrected chi connectivity index (χ3v) is 3.62. The van der Waals surface area contributed by atoms with Crippen LogP contribution in [0.25, 0.3) is 5.65 Å². The number of imidazole rings is 1. The molecule has 0 spiro atoms. The van der Waals surface area contributed by atoms with Crippen LogP contribution in [0.5, 0.6) is 0 Å². The average molecular weight is 330 g/mol. The van der Waals surface area contributed by atoms with Crippen LogP contribution >= 0.6 is 11.6 Å². The molecule has 0 aliphatic heterocycles. The zero-order valence-electron chi connectivity index (χ0n) is 11.8. The fraction of sp³-hybridized carbons (Fsp3) is 0.0625. The van der Waals surface area contributed by atoms with Crippen molar-refractivity contribution in [2.75, 3.05) is 0 Å². The van der Waals surface area contributed by atoms with Crippen molar-refractivity contribution in [2.45, 2.75) is 6.04 Å². The molecule has 7 heteroatoms. The largest absolute Gasteiger partial charge is 0.479 e. The van der Waals surface area contributed by atoms with Crippen LogP contribution < -0.4 is 5.32 Å². The second-order valence-electron chi connectivity index (χ2n) is 4.84. The number of aliphatic carboxylic acids is 1. The number of fused-ring (bicyclic) bond motifs is 1. The van der Waals surface area contributed by atoms with Crippen molar-refractivity contribution in [2.24, 2.45) is 0 Å². The summed E-state index contributed by atoms with van der Waals surface area (Å²) in [6.45, 7) is 0. The highest BCUT2D eigenvalue weighted by Crippen LogP contribution is 2.19. The fourth-order valence-electron chi connectivity index (χ4n) is 2.30. The molecule has 1 aromatic carbocycles. The monoisotopic (exact) mass is 329 g/mol. The first-order valence-electron chi connectivity index (χ1n) is 6.79. The van der Waals surface area contributed by atoms with Gasteiger partial charge in [0.15, 0.2) is 16.9 Å². The van der Waals surface area contributed by atoms with E-state index in [2.05, 4.69) is 10.3 Å². The molecule has 6 nitrogen and oxygen atoms in total. The van der Waals surface area contributed by atoms with Gasteiger partial charge in [0.1, 0.15) is 5.65 Å². The Kier molecular flexibility index (Phi) is 3.99. The van der Waals surface area contributed by atoms with Gasteiger partial charge in [-0.25, -0.2) is 9.78 Å². The number of hydrogen-bond acceptors (Lipinski definition) is 3. The van der Waals surface area contributed by atoms with Crippen LogP contribution in [0.2, 0.25) is 5.15 Å². The maximum Gasteiger partial charge on any atom is 0.330 e. The van der Waals surface area contributed by atoms with Crippen LogP contribution in [0.15, 0.2) is 54.7 Å². The van der Waals surface area contributed by atoms with Crippen LogP contribution in [0.3, 0.4) is 0 Å². The maximum atomic E-state index is 12.5. The fourth-order valence-corrected chi connectivity index (χ4v) is 2.57. The van der Waals surface area contributed by atoms with Crippen molar-refractivity contribution in [1.29, 1.82) is 0 Å². The Morgan fingerprint density at radius 2 is 1.83 bits per heavy atom. The van der Waals surface area contributed by atoms with Crippen molar-refractivity contribution in [3.63, 3.8) is 0 Å². The summed E-state index contributed by atoms with van der Waals surface area (Å²) in [5, 5.41) is 11.9. The molecule has 0 radical (unpaired) electrons. The highest BCUT2D eigenvalue weighted by atomic mass is 35.5. The van der Waals surface area contributed by atoms with Crippen molar-refractivity contribution >= 4 is 29.1 Å². The number of pyridine rings is 1. The minimum atomic E-state index is -1.17. The SMILES string of the molecule is O=C(N[C@@H](C(=O)O)c1ccccc1)c1c(Cl)nc2ccccn12. The molecule has 2 heterocycles. The number of amides is 1. The first-order chi connectivity index (χ1) is 11.1. The van der Waals surface area contributed by atoms with Crippen LogP contribution in [0, 0.1) is 0 Å². The van der Waals surface area contributed by atoms with E-state index in [1.54, 1.807) is 54.7 Å². The lowest BCUT2D eigenvalue weighted by molar-refractivity contribution is -0.139. The molecular formula is C16H12ClN3O3. The Balaban J connectivity index is 1.96. The number of carboxylic acid groups (broad SMARTS) is 1. The van der Waals surface area contributed by atoms with Gasteiger partial charge in [-0.2, -0.15) is 0 Å². The van der Waals surface area contributed by atoms with Crippen molar-refractivity contribution in [3.8, 4) is 0 Å². The zero-order valence-corrected chi connectivity index (χ0v) is 12.6. The van der Waals surface area contributed by atoms with E-state index in [0.29, 0.717) is 11.2 Å². The Hall–Kier alpha value is -2.86. The first-order valence-corrected chi connectivity index (χ1v) is 7.17. The highest BCUT2D eigenvalue weighted by molar-refractivity contribution is 6.32. The Bertz CT molecular complexity index is 877. The lowest BCUT2D eigenvalue weighted by atomic mass is 10.1. The number of halogens is 1. The summed E-state index contributed by atoms with van der Waals surface area (Å²) in [4.78, 5) is 28.1. The number of aromatic nitrogens is 2. The Morgan fingerprint density at radius 3 is 2.52 bits per heavy atom. The van der Waals surface area contributed by atoms with Gasteiger partial charge in [0.25, 0.3) is 5.91 Å². The molecule has 116 valence electrons. The minimum Gasteiger partial charge on any atom is -0.479 e. The molecule has 23 heavy (non-hydrogen) atoms. The van der Waals surface area contributed by atoms with E-state index in [1.165, 1.54) is 4.40 Å². The molecule has 3 rings (SSSR count). The standard InChI is InChI=1S/C16H12ClN3O3/c17-14-13(20-9-5-4-8-11(20)18-14)15(21)19-12(16(22)23)10-6-2-1-3-7-10/h1-9,12H,(H,19,21)(H,22,23)/t12-/m1/s1. The number of nitrogens with one attached hydrogen (secondary N) is 1. The molecular weight excluding hydrogens is 318 g/mol. The minimum absolute atomic E-state index is 0.0194. The summed E-state index contributed by atoms with van der Waals surface area (Å²) in [5.74, 6) is -1.76. The molecule has 1 amide bonds. The molecule has 0 aliphatic carbocycles. The van der Waals surface area contributed by atoms with Gasteiger partial charge >= 0.3 is 5.97 Å². The van der Waals surface area contributed by atoms with Gasteiger partial charge in [-0.15, -0.1) is 0 Å². The van der Waals surface area contributed by atoms with Crippen molar-refractivity contribution in [3.05, 3.63) is 71.1 Å². The third-order valence-electron chi connectivity index (χ3n) is 3.36. The van der Waals surface area contributed by atoms with Gasteiger partial charge in [0.2, 0.25) is 0 Å². The predicted molar refractivity (Wildman–Crippen MR) is 84.5 cm³/mol. The number of carbonyl (C=O) groups excluding carboxylic acids is 1. The molecule has 0 aliphatic rings. The van der Waals surface area contributed by atoms with Gasteiger partial charge in [-0.3, -0.25) is 9.20 Å². The van der Waals surface area contributed by atoms with Crippen LogP contribution in [-0.4, -0.2) is 26.4 Å². The molecule has 1 atom stereocenters. The van der Waals surface area contributed by atoms with Crippen LogP contribution in [-0.2, 0) is 4.79 Å². The Labute approximate surface area is 136 Å². The third kappa shape index (κ3) is 2.89. The number of benzene rings is 1. The van der Waals surface area contributed by atoms with Gasteiger partial charge in [-0.1, -0.05) is 48.0 Å². The van der Waals surface area contributed by atoms with E-state index < -0.39 is 17.9 Å². The molecule has 2 N–H and O–H groups in total. The average Bonchev–Trinajstić information content (AvgIpc) is 2.88. The molecule has 0 saturated heterocycles. The maximum absolute atomic E-state index is 12.5. The van der Waals surface area contributed by atoms with E-state index in [4.69, 9.17) is 11.6 Å². The topological polar surface area (TPSA) is 83.7 Å². The van der Waals surface area contributed by atoms with E-state index in [-0.39, 0.29) is 10.8 Å². The smallest absolute Gasteiger partial charge is 0.330 e. The molecule has 0 unspecified atom stereocenters. The number of carboxylic acids is 1. The number of hydrogen-bond donors (Lipinski definition) is 2. The highest BCUT2D eigenvalue weighted by Gasteiger charge is 2.25. The molecule has 0 saturated carbocycles. The summed E-state index contributed by atoms with van der Waals surface area (Å²) in [5.41, 5.74) is 1.08. The lowest BCUT2D eigenvalue weighted by Crippen LogP contribution is -2.34. The van der Waals surface area contributed by atoms with E-state index >= 15 is 0 Å². The Morgan fingerprint density at radius 1 is 1.13 bits per heavy atom. The molecule has 0 bridgehead atoms. The molecule has 3 aromatic rings. The molecule has 0 fully saturated rings. The second kappa shape index (κ2) is 6.10. The van der Waals surface area contributed by atoms with Crippen LogP contribution in [0.4, 0.5) is 0 Å². The second-order valence-corrected chi connectivity index (χ2v) is 5.19. The van der Waals surface area contributed by atoms with E-state index in [9.17, 15) is 14.7 Å². The van der Waals surface area contributed by atoms with E-state index in [1.807, 2.05) is 0 Å². The lowest BCUT2D eigenvalue weighted by Gasteiger charge is -2.14. The summed E-state index contributed by atoms with van der Waals surface area (Å²) in [7, 11) is 0. The normalized spacial score (nSPS) is 12.0. The zero-order chi connectivity index (χ0) is 16.4. The predicted octanol–water partition coefficient (Wildman–Crippen LogP) is 2.54. The van der Waals surface area contributed by atoms with Crippen LogP contribution in [0.1, 0.15) is 22.1 Å². The number of carbonyl (C=O) groups is 2. The quantitative estimate of drug-likeness (QED) is 0.770. The molecule has 2 aromatic heterocycles. The number of rotatable bonds is 4. The van der Waals surface area contributed by atoms with Gasteiger partial charge < -0.3 is 10.4 Å².